The number of hydrogen-bond acceptors (Lipinski definition) is 5. The normalized spacial score (nSPS) is 18.8. The maximum absolute atomic E-state index is 14.6. The summed E-state index contributed by atoms with van der Waals surface area (Å²) in [6, 6.07) is 8.18. The number of halogens is 2. The van der Waals surface area contributed by atoms with Crippen molar-refractivity contribution in [3.8, 4) is 11.1 Å². The topological polar surface area (TPSA) is 58.3 Å². The highest BCUT2D eigenvalue weighted by Gasteiger charge is 2.29. The van der Waals surface area contributed by atoms with E-state index in [1.807, 2.05) is 18.5 Å². The van der Waals surface area contributed by atoms with Crippen molar-refractivity contribution < 1.29 is 13.6 Å². The third-order valence-electron chi connectivity index (χ3n) is 10.1. The molecule has 2 saturated heterocycles. The number of carbonyl (C=O) groups is 1. The molecule has 0 unspecified atom stereocenters. The molecule has 44 heavy (non-hydrogen) atoms. The minimum atomic E-state index is -2.61. The van der Waals surface area contributed by atoms with Crippen molar-refractivity contribution in [2.45, 2.75) is 57.8 Å². The molecule has 7 nitrogen and oxygen atoms in total. The van der Waals surface area contributed by atoms with Gasteiger partial charge < -0.3 is 15.1 Å². The van der Waals surface area contributed by atoms with Crippen LogP contribution in [0.5, 0.6) is 0 Å². The van der Waals surface area contributed by atoms with Crippen LogP contribution in [0.4, 0.5) is 20.2 Å². The Kier molecular flexibility index (Phi) is 8.01. The van der Waals surface area contributed by atoms with E-state index in [1.54, 1.807) is 41.7 Å². The molecule has 4 aromatic rings. The summed E-state index contributed by atoms with van der Waals surface area (Å²) in [6.07, 6.45) is 11.2. The number of nitrogens with one attached hydrogen (secondary N) is 1. The third kappa shape index (κ3) is 5.68. The van der Waals surface area contributed by atoms with E-state index in [2.05, 4.69) is 32.3 Å². The van der Waals surface area contributed by atoms with Crippen molar-refractivity contribution in [2.24, 2.45) is 13.0 Å². The molecule has 232 valence electrons. The fraction of sp³-hybridized carbons (Fsp3) is 0.486. The summed E-state index contributed by atoms with van der Waals surface area (Å²) in [7, 11) is 1.80. The number of carbonyl (C=O) groups excluding carboxylic acids is 1. The highest BCUT2D eigenvalue weighted by atomic mass is 19.3. The van der Waals surface area contributed by atoms with Gasteiger partial charge in [-0.1, -0.05) is 0 Å². The SMILES string of the molecule is CC(=O)n1cc2cc(C3CCN(CC4CCNCC4)CC3)cc(N3CCCc4cc(-c5cnn(C)c5)c(C(F)F)cc43)c2c1. The highest BCUT2D eigenvalue weighted by Crippen LogP contribution is 2.44. The number of likely N-dealkylation sites (tertiary alicyclic amines) is 1. The maximum atomic E-state index is 14.6. The average molecular weight is 601 g/mol. The number of nitrogens with zero attached hydrogens (tertiary/aromatic N) is 5. The van der Waals surface area contributed by atoms with Gasteiger partial charge in [0.2, 0.25) is 5.91 Å². The zero-order valence-corrected chi connectivity index (χ0v) is 25.7. The molecule has 5 heterocycles. The van der Waals surface area contributed by atoms with Crippen LogP contribution < -0.4 is 10.2 Å². The summed E-state index contributed by atoms with van der Waals surface area (Å²) in [6.45, 7) is 7.96. The molecule has 2 aromatic heterocycles. The van der Waals surface area contributed by atoms with Crippen LogP contribution in [0.15, 0.2) is 49.1 Å². The lowest BCUT2D eigenvalue weighted by Gasteiger charge is -2.36. The summed E-state index contributed by atoms with van der Waals surface area (Å²) in [4.78, 5) is 17.3. The van der Waals surface area contributed by atoms with Crippen LogP contribution in [0.3, 0.4) is 0 Å². The molecular weight excluding hydrogens is 558 g/mol. The van der Waals surface area contributed by atoms with Crippen LogP contribution >= 0.6 is 0 Å². The van der Waals surface area contributed by atoms with Gasteiger partial charge in [-0.05, 0) is 117 Å². The smallest absolute Gasteiger partial charge is 0.264 e. The zero-order valence-electron chi connectivity index (χ0n) is 25.7. The first-order valence-corrected chi connectivity index (χ1v) is 16.1. The Hall–Kier alpha value is -3.56. The second kappa shape index (κ2) is 12.1. The lowest BCUT2D eigenvalue weighted by molar-refractivity contribution is 0.0937. The van der Waals surface area contributed by atoms with Gasteiger partial charge >= 0.3 is 0 Å². The number of aromatic nitrogens is 3. The average Bonchev–Trinajstić information content (AvgIpc) is 3.67. The molecule has 2 aromatic carbocycles. The summed E-state index contributed by atoms with van der Waals surface area (Å²) < 4.78 is 32.4. The van der Waals surface area contributed by atoms with E-state index < -0.39 is 6.43 Å². The highest BCUT2D eigenvalue weighted by molar-refractivity contribution is 5.99. The first kappa shape index (κ1) is 29.2. The van der Waals surface area contributed by atoms with Crippen LogP contribution in [-0.4, -0.2) is 64.4 Å². The van der Waals surface area contributed by atoms with E-state index in [0.29, 0.717) is 17.0 Å². The predicted molar refractivity (Wildman–Crippen MR) is 171 cm³/mol. The van der Waals surface area contributed by atoms with E-state index in [0.717, 1.165) is 92.0 Å². The molecule has 0 aliphatic carbocycles. The minimum absolute atomic E-state index is 0.0264. The van der Waals surface area contributed by atoms with Crippen LogP contribution in [0.2, 0.25) is 0 Å². The Bertz CT molecular complexity index is 1660. The maximum Gasteiger partial charge on any atom is 0.264 e. The van der Waals surface area contributed by atoms with Crippen molar-refractivity contribution >= 4 is 28.1 Å². The van der Waals surface area contributed by atoms with Crippen molar-refractivity contribution in [3.05, 3.63) is 65.7 Å². The Morgan fingerprint density at radius 2 is 1.80 bits per heavy atom. The summed E-state index contributed by atoms with van der Waals surface area (Å²) in [5.41, 5.74) is 5.47. The van der Waals surface area contributed by atoms with Gasteiger partial charge in [0.15, 0.2) is 0 Å². The lowest BCUT2D eigenvalue weighted by atomic mass is 9.87. The van der Waals surface area contributed by atoms with Gasteiger partial charge in [0.05, 0.1) is 11.9 Å². The van der Waals surface area contributed by atoms with Gasteiger partial charge in [0.1, 0.15) is 0 Å². The summed E-state index contributed by atoms with van der Waals surface area (Å²) >= 11 is 0. The molecule has 0 spiro atoms. The van der Waals surface area contributed by atoms with Gasteiger partial charge in [0.25, 0.3) is 6.43 Å². The van der Waals surface area contributed by atoms with Gasteiger partial charge in [-0.15, -0.1) is 0 Å². The molecule has 9 heteroatoms. The number of anilines is 2. The molecule has 1 N–H and O–H groups in total. The number of fused-ring (bicyclic) bond motifs is 2. The largest absolute Gasteiger partial charge is 0.341 e. The molecule has 7 rings (SSSR count). The zero-order chi connectivity index (χ0) is 30.4. The first-order chi connectivity index (χ1) is 21.3. The fourth-order valence-electron chi connectivity index (χ4n) is 7.67. The molecular formula is C35H42F2N6O. The van der Waals surface area contributed by atoms with E-state index in [-0.39, 0.29) is 11.5 Å². The van der Waals surface area contributed by atoms with Crippen LogP contribution in [0.25, 0.3) is 21.9 Å². The van der Waals surface area contributed by atoms with Crippen molar-refractivity contribution in [1.82, 2.24) is 24.6 Å². The second-order valence-electron chi connectivity index (χ2n) is 13.0. The molecule has 0 saturated carbocycles. The predicted octanol–water partition coefficient (Wildman–Crippen LogP) is 6.90. The quantitative estimate of drug-likeness (QED) is 0.261. The van der Waals surface area contributed by atoms with Crippen LogP contribution in [0.1, 0.15) is 72.9 Å². The minimum Gasteiger partial charge on any atom is -0.341 e. The molecule has 3 aliphatic heterocycles. The van der Waals surface area contributed by atoms with E-state index >= 15 is 0 Å². The summed E-state index contributed by atoms with van der Waals surface area (Å²) in [5.74, 6) is 1.18. The lowest BCUT2D eigenvalue weighted by Crippen LogP contribution is -2.39. The number of hydrogen-bond donors (Lipinski definition) is 1. The van der Waals surface area contributed by atoms with Crippen LogP contribution in [0, 0.1) is 5.92 Å². The monoisotopic (exact) mass is 600 g/mol. The number of benzene rings is 2. The second-order valence-corrected chi connectivity index (χ2v) is 13.0. The Balaban J connectivity index is 1.24. The molecule has 2 fully saturated rings. The van der Waals surface area contributed by atoms with E-state index in [1.165, 1.54) is 24.9 Å². The Morgan fingerprint density at radius 1 is 1.00 bits per heavy atom. The number of piperidine rings is 2. The fourth-order valence-corrected chi connectivity index (χ4v) is 7.67. The standard InChI is InChI=1S/C35H42F2N6O/c1-23(44)42-21-28-14-27(25-7-12-41(13-8-25)19-24-5-9-38-10-6-24)16-34(32(28)22-42)43-11-3-4-26-15-30(29-18-39-40(2)20-29)31(35(36)37)17-33(26)43/h14-18,20-22,24-25,35,38H,3-13,19H2,1-2H3. The van der Waals surface area contributed by atoms with Crippen molar-refractivity contribution in [1.29, 1.82) is 0 Å². The molecule has 0 atom stereocenters. The summed E-state index contributed by atoms with van der Waals surface area (Å²) in [5, 5.41) is 9.72. The van der Waals surface area contributed by atoms with Gasteiger partial charge in [-0.25, -0.2) is 8.78 Å². The Morgan fingerprint density at radius 3 is 2.50 bits per heavy atom. The third-order valence-corrected chi connectivity index (χ3v) is 10.1. The van der Waals surface area contributed by atoms with Crippen LogP contribution in [-0.2, 0) is 13.5 Å². The number of aryl methyl sites for hydroxylation is 2. The number of alkyl halides is 2. The molecule has 3 aliphatic rings. The van der Waals surface area contributed by atoms with Gasteiger partial charge in [0, 0.05) is 73.2 Å². The van der Waals surface area contributed by atoms with Crippen molar-refractivity contribution in [3.63, 3.8) is 0 Å². The van der Waals surface area contributed by atoms with Gasteiger partial charge in [-0.2, -0.15) is 5.10 Å². The molecule has 0 radical (unpaired) electrons. The van der Waals surface area contributed by atoms with Gasteiger partial charge in [-0.3, -0.25) is 14.0 Å². The Labute approximate surface area is 257 Å². The molecule has 0 bridgehead atoms. The van der Waals surface area contributed by atoms with Crippen molar-refractivity contribution in [2.75, 3.05) is 44.2 Å². The number of rotatable bonds is 6. The van der Waals surface area contributed by atoms with E-state index in [9.17, 15) is 13.6 Å². The molecule has 0 amide bonds. The first-order valence-electron chi connectivity index (χ1n) is 16.1. The van der Waals surface area contributed by atoms with E-state index in [4.69, 9.17) is 0 Å².